The maximum atomic E-state index is 12.2. The standard InChI is InChI=1S/C25H21BrCl2N4O/c1-16-21(13-30-31-25(33)14-29-19-9-7-18(26)8-10-19)20-4-2-3-5-24(20)32(16)15-17-6-11-22(27)23(28)12-17/h2-13,29H,14-15H2,1H3,(H,31,33)/b30-13-. The Morgan fingerprint density at radius 2 is 1.82 bits per heavy atom. The van der Waals surface area contributed by atoms with Gasteiger partial charge in [0.15, 0.2) is 0 Å². The number of nitrogens with one attached hydrogen (secondary N) is 2. The van der Waals surface area contributed by atoms with Crippen LogP contribution in [0.25, 0.3) is 10.9 Å². The molecule has 168 valence electrons. The number of anilines is 1. The van der Waals surface area contributed by atoms with Crippen molar-refractivity contribution in [3.63, 3.8) is 0 Å². The number of aromatic nitrogens is 1. The van der Waals surface area contributed by atoms with Gasteiger partial charge >= 0.3 is 0 Å². The first-order valence-electron chi connectivity index (χ1n) is 10.3. The lowest BCUT2D eigenvalue weighted by Gasteiger charge is -2.09. The Morgan fingerprint density at radius 3 is 2.58 bits per heavy atom. The van der Waals surface area contributed by atoms with Crippen molar-refractivity contribution in [3.05, 3.63) is 98.1 Å². The van der Waals surface area contributed by atoms with Crippen LogP contribution in [0.5, 0.6) is 0 Å². The molecule has 0 saturated heterocycles. The highest BCUT2D eigenvalue weighted by atomic mass is 79.9. The van der Waals surface area contributed by atoms with Crippen LogP contribution in [0.3, 0.4) is 0 Å². The molecule has 1 amide bonds. The number of fused-ring (bicyclic) bond motifs is 1. The van der Waals surface area contributed by atoms with Crippen molar-refractivity contribution in [3.8, 4) is 0 Å². The molecule has 1 heterocycles. The van der Waals surface area contributed by atoms with Crippen molar-refractivity contribution in [2.45, 2.75) is 13.5 Å². The number of para-hydroxylation sites is 1. The molecule has 4 aromatic rings. The molecule has 8 heteroatoms. The quantitative estimate of drug-likeness (QED) is 0.203. The van der Waals surface area contributed by atoms with Crippen LogP contribution in [0.2, 0.25) is 10.0 Å². The number of benzene rings is 3. The van der Waals surface area contributed by atoms with Crippen LogP contribution in [0.1, 0.15) is 16.8 Å². The Hall–Kier alpha value is -2.80. The molecule has 0 aliphatic carbocycles. The van der Waals surface area contributed by atoms with E-state index in [-0.39, 0.29) is 12.5 Å². The van der Waals surface area contributed by atoms with Crippen LogP contribution in [-0.2, 0) is 11.3 Å². The number of hydrogen-bond acceptors (Lipinski definition) is 3. The van der Waals surface area contributed by atoms with E-state index >= 15 is 0 Å². The number of halogens is 3. The predicted molar refractivity (Wildman–Crippen MR) is 141 cm³/mol. The Labute approximate surface area is 210 Å². The largest absolute Gasteiger partial charge is 0.376 e. The third-order valence-corrected chi connectivity index (χ3v) is 6.55. The molecule has 2 N–H and O–H groups in total. The molecule has 0 unspecified atom stereocenters. The highest BCUT2D eigenvalue weighted by molar-refractivity contribution is 9.10. The van der Waals surface area contributed by atoms with Crippen molar-refractivity contribution in [2.75, 3.05) is 11.9 Å². The number of nitrogens with zero attached hydrogens (tertiary/aromatic N) is 2. The molecule has 0 atom stereocenters. The minimum Gasteiger partial charge on any atom is -0.376 e. The minimum atomic E-state index is -0.230. The molecule has 0 aliphatic rings. The fourth-order valence-electron chi connectivity index (χ4n) is 3.60. The van der Waals surface area contributed by atoms with Gasteiger partial charge in [0.1, 0.15) is 0 Å². The van der Waals surface area contributed by atoms with E-state index in [4.69, 9.17) is 23.2 Å². The molecule has 33 heavy (non-hydrogen) atoms. The van der Waals surface area contributed by atoms with Gasteiger partial charge in [0.2, 0.25) is 0 Å². The number of hydrogen-bond donors (Lipinski definition) is 2. The molecule has 4 rings (SSSR count). The number of carbonyl (C=O) groups is 1. The predicted octanol–water partition coefficient (Wildman–Crippen LogP) is 6.63. The van der Waals surface area contributed by atoms with Gasteiger partial charge in [0.25, 0.3) is 5.91 Å². The first kappa shape index (κ1) is 23.4. The fraction of sp³-hybridized carbons (Fsp3) is 0.120. The monoisotopic (exact) mass is 542 g/mol. The number of rotatable bonds is 7. The lowest BCUT2D eigenvalue weighted by Crippen LogP contribution is -2.25. The Balaban J connectivity index is 1.49. The molecular weight excluding hydrogens is 523 g/mol. The first-order chi connectivity index (χ1) is 15.9. The molecule has 1 aromatic heterocycles. The van der Waals surface area contributed by atoms with Crippen LogP contribution in [0.4, 0.5) is 5.69 Å². The molecule has 5 nitrogen and oxygen atoms in total. The summed E-state index contributed by atoms with van der Waals surface area (Å²) in [7, 11) is 0. The maximum absolute atomic E-state index is 12.2. The fourth-order valence-corrected chi connectivity index (χ4v) is 4.19. The van der Waals surface area contributed by atoms with E-state index in [2.05, 4.69) is 42.4 Å². The van der Waals surface area contributed by atoms with E-state index in [0.717, 1.165) is 37.9 Å². The van der Waals surface area contributed by atoms with Gasteiger partial charge in [-0.15, -0.1) is 0 Å². The zero-order valence-corrected chi connectivity index (χ0v) is 20.9. The number of amides is 1. The highest BCUT2D eigenvalue weighted by Crippen LogP contribution is 2.28. The molecule has 0 bridgehead atoms. The van der Waals surface area contributed by atoms with E-state index in [0.29, 0.717) is 16.6 Å². The average Bonchev–Trinajstić information content (AvgIpc) is 3.07. The second-order valence-corrected chi connectivity index (χ2v) is 9.23. The summed E-state index contributed by atoms with van der Waals surface area (Å²) in [5, 5.41) is 9.39. The number of carbonyl (C=O) groups excluding carboxylic acids is 1. The third-order valence-electron chi connectivity index (χ3n) is 5.28. The van der Waals surface area contributed by atoms with Crippen molar-refractivity contribution in [1.29, 1.82) is 0 Å². The van der Waals surface area contributed by atoms with Crippen LogP contribution in [0, 0.1) is 6.92 Å². The van der Waals surface area contributed by atoms with Gasteiger partial charge in [-0.3, -0.25) is 4.79 Å². The van der Waals surface area contributed by atoms with E-state index in [1.807, 2.05) is 61.5 Å². The molecule has 0 radical (unpaired) electrons. The van der Waals surface area contributed by atoms with Gasteiger partial charge in [-0.1, -0.05) is 63.4 Å². The van der Waals surface area contributed by atoms with Crippen molar-refractivity contribution < 1.29 is 4.79 Å². The molecule has 0 saturated carbocycles. The van der Waals surface area contributed by atoms with E-state index in [1.165, 1.54) is 0 Å². The van der Waals surface area contributed by atoms with Crippen molar-refractivity contribution >= 4 is 67.8 Å². The second kappa shape index (κ2) is 10.4. The first-order valence-corrected chi connectivity index (χ1v) is 11.8. The van der Waals surface area contributed by atoms with Gasteiger partial charge in [-0.2, -0.15) is 5.10 Å². The van der Waals surface area contributed by atoms with E-state index in [9.17, 15) is 4.79 Å². The minimum absolute atomic E-state index is 0.122. The zero-order chi connectivity index (χ0) is 23.4. The zero-order valence-electron chi connectivity index (χ0n) is 17.8. The average molecular weight is 544 g/mol. The highest BCUT2D eigenvalue weighted by Gasteiger charge is 2.13. The summed E-state index contributed by atoms with van der Waals surface area (Å²) in [6.07, 6.45) is 1.69. The third kappa shape index (κ3) is 5.58. The van der Waals surface area contributed by atoms with Crippen LogP contribution < -0.4 is 10.7 Å². The summed E-state index contributed by atoms with van der Waals surface area (Å²) in [6, 6.07) is 21.4. The Kier molecular flexibility index (Phi) is 7.38. The smallest absolute Gasteiger partial charge is 0.259 e. The summed E-state index contributed by atoms with van der Waals surface area (Å²) in [6.45, 7) is 2.80. The normalized spacial score (nSPS) is 11.3. The SMILES string of the molecule is Cc1c(/C=N\NC(=O)CNc2ccc(Br)cc2)c2ccccc2n1Cc1ccc(Cl)c(Cl)c1. The van der Waals surface area contributed by atoms with Gasteiger partial charge in [0.05, 0.1) is 22.8 Å². The maximum Gasteiger partial charge on any atom is 0.259 e. The van der Waals surface area contributed by atoms with Gasteiger partial charge in [0, 0.05) is 38.9 Å². The van der Waals surface area contributed by atoms with Crippen molar-refractivity contribution in [2.24, 2.45) is 5.10 Å². The van der Waals surface area contributed by atoms with Gasteiger partial charge in [-0.25, -0.2) is 5.43 Å². The van der Waals surface area contributed by atoms with E-state index < -0.39 is 0 Å². The van der Waals surface area contributed by atoms with Gasteiger partial charge < -0.3 is 9.88 Å². The summed E-state index contributed by atoms with van der Waals surface area (Å²) in [4.78, 5) is 12.2. The molecule has 0 spiro atoms. The topological polar surface area (TPSA) is 58.4 Å². The lowest BCUT2D eigenvalue weighted by molar-refractivity contribution is -0.119. The lowest BCUT2D eigenvalue weighted by atomic mass is 10.1. The van der Waals surface area contributed by atoms with Crippen LogP contribution in [-0.4, -0.2) is 23.2 Å². The summed E-state index contributed by atoms with van der Waals surface area (Å²) >= 11 is 15.7. The van der Waals surface area contributed by atoms with Gasteiger partial charge in [-0.05, 0) is 55.0 Å². The molecule has 0 fully saturated rings. The second-order valence-electron chi connectivity index (χ2n) is 7.50. The molecular formula is C25H21BrCl2N4O. The van der Waals surface area contributed by atoms with E-state index in [1.54, 1.807) is 12.3 Å². The number of hydrazone groups is 1. The molecule has 3 aromatic carbocycles. The Bertz CT molecular complexity index is 1330. The Morgan fingerprint density at radius 1 is 1.06 bits per heavy atom. The summed E-state index contributed by atoms with van der Waals surface area (Å²) in [5.41, 5.74) is 7.56. The van der Waals surface area contributed by atoms with Crippen LogP contribution in [0.15, 0.2) is 76.3 Å². The molecule has 0 aliphatic heterocycles. The van der Waals surface area contributed by atoms with Crippen LogP contribution >= 0.6 is 39.1 Å². The van der Waals surface area contributed by atoms with Crippen molar-refractivity contribution in [1.82, 2.24) is 9.99 Å². The summed E-state index contributed by atoms with van der Waals surface area (Å²) in [5.74, 6) is -0.230. The summed E-state index contributed by atoms with van der Waals surface area (Å²) < 4.78 is 3.18.